The minimum Gasteiger partial charge on any atom is -0.485 e. The molecule has 0 saturated heterocycles. The molecule has 0 spiro atoms. The van der Waals surface area contributed by atoms with E-state index in [0.29, 0.717) is 19.6 Å². The van der Waals surface area contributed by atoms with Crippen LogP contribution in [-0.4, -0.2) is 19.5 Å². The predicted octanol–water partition coefficient (Wildman–Crippen LogP) is 5.18. The van der Waals surface area contributed by atoms with Crippen LogP contribution in [0.3, 0.4) is 0 Å². The summed E-state index contributed by atoms with van der Waals surface area (Å²) < 4.78 is 30.8. The summed E-state index contributed by atoms with van der Waals surface area (Å²) in [7, 11) is 0. The fourth-order valence-corrected chi connectivity index (χ4v) is 3.00. The third-order valence-electron chi connectivity index (χ3n) is 4.14. The Morgan fingerprint density at radius 2 is 1.68 bits per heavy atom. The van der Waals surface area contributed by atoms with Gasteiger partial charge in [-0.1, -0.05) is 24.3 Å². The van der Waals surface area contributed by atoms with Crippen LogP contribution in [0.4, 0.5) is 4.39 Å². The zero-order valence-electron chi connectivity index (χ0n) is 14.6. The topological polar surface area (TPSA) is 27.7 Å². The number of rotatable bonds is 7. The normalized spacial score (nSPS) is 16.3. The summed E-state index contributed by atoms with van der Waals surface area (Å²) in [5.41, 5.74) is 3.06. The fourth-order valence-electron chi connectivity index (χ4n) is 3.00. The highest BCUT2D eigenvalue weighted by Gasteiger charge is 2.26. The van der Waals surface area contributed by atoms with Crippen LogP contribution in [0, 0.1) is 5.82 Å². The first-order chi connectivity index (χ1) is 12.2. The van der Waals surface area contributed by atoms with Gasteiger partial charge in [-0.25, -0.2) is 4.39 Å². The quantitative estimate of drug-likeness (QED) is 0.649. The van der Waals surface area contributed by atoms with Crippen molar-refractivity contribution < 1.29 is 18.6 Å². The van der Waals surface area contributed by atoms with Gasteiger partial charge in [0.15, 0.2) is 6.29 Å². The Kier molecular flexibility index (Phi) is 5.84. The van der Waals surface area contributed by atoms with E-state index >= 15 is 0 Å². The van der Waals surface area contributed by atoms with E-state index in [2.05, 4.69) is 12.1 Å². The van der Waals surface area contributed by atoms with Gasteiger partial charge in [-0.2, -0.15) is 0 Å². The third kappa shape index (κ3) is 4.27. The largest absolute Gasteiger partial charge is 0.485 e. The summed E-state index contributed by atoms with van der Waals surface area (Å²) >= 11 is 0. The molecule has 3 rings (SSSR count). The number of hydrogen-bond donors (Lipinski definition) is 0. The lowest BCUT2D eigenvalue weighted by Gasteiger charge is -2.30. The maximum atomic E-state index is 13.2. The van der Waals surface area contributed by atoms with Crippen molar-refractivity contribution in [3.05, 3.63) is 71.0 Å². The first-order valence-corrected chi connectivity index (χ1v) is 8.67. The molecule has 0 N–H and O–H groups in total. The molecule has 1 aliphatic rings. The van der Waals surface area contributed by atoms with Gasteiger partial charge in [0, 0.05) is 25.2 Å². The van der Waals surface area contributed by atoms with Gasteiger partial charge in [-0.15, -0.1) is 0 Å². The first-order valence-electron chi connectivity index (χ1n) is 8.67. The fraction of sp³-hybridized carbons (Fsp3) is 0.333. The Balaban J connectivity index is 1.89. The average molecular weight is 342 g/mol. The van der Waals surface area contributed by atoms with Crippen molar-refractivity contribution in [3.63, 3.8) is 0 Å². The zero-order chi connectivity index (χ0) is 17.6. The molecule has 0 fully saturated rings. The minimum atomic E-state index is -0.319. The van der Waals surface area contributed by atoms with Crippen molar-refractivity contribution in [1.29, 1.82) is 0 Å². The van der Waals surface area contributed by atoms with E-state index in [4.69, 9.17) is 14.2 Å². The van der Waals surface area contributed by atoms with Crippen molar-refractivity contribution in [1.82, 2.24) is 0 Å². The molecule has 0 saturated carbocycles. The zero-order valence-corrected chi connectivity index (χ0v) is 14.6. The van der Waals surface area contributed by atoms with Crippen LogP contribution in [0.15, 0.2) is 48.5 Å². The van der Waals surface area contributed by atoms with Gasteiger partial charge in [0.25, 0.3) is 0 Å². The standard InChI is InChI=1S/C21H23FO3/c1-3-23-21(24-4-2)14-20-18-8-6-5-7-16(18)13-19(25-20)15-9-11-17(22)12-10-15/h5-13,20-21H,3-4,14H2,1-2H3. The second kappa shape index (κ2) is 8.28. The molecule has 0 amide bonds. The van der Waals surface area contributed by atoms with Crippen molar-refractivity contribution in [2.24, 2.45) is 0 Å². The molecule has 3 nitrogen and oxygen atoms in total. The maximum absolute atomic E-state index is 13.2. The van der Waals surface area contributed by atoms with E-state index in [1.165, 1.54) is 12.1 Å². The summed E-state index contributed by atoms with van der Waals surface area (Å²) in [5.74, 6) is 0.473. The number of benzene rings is 2. The molecule has 25 heavy (non-hydrogen) atoms. The Morgan fingerprint density at radius 1 is 1.00 bits per heavy atom. The molecule has 1 aliphatic heterocycles. The lowest BCUT2D eigenvalue weighted by molar-refractivity contribution is -0.152. The van der Waals surface area contributed by atoms with E-state index in [0.717, 1.165) is 22.4 Å². The summed E-state index contributed by atoms with van der Waals surface area (Å²) in [4.78, 5) is 0. The predicted molar refractivity (Wildman–Crippen MR) is 96.2 cm³/mol. The van der Waals surface area contributed by atoms with E-state index in [1.807, 2.05) is 32.1 Å². The monoisotopic (exact) mass is 342 g/mol. The Bertz CT molecular complexity index is 718. The van der Waals surface area contributed by atoms with Crippen molar-refractivity contribution in [2.45, 2.75) is 32.7 Å². The van der Waals surface area contributed by atoms with Gasteiger partial charge in [0.1, 0.15) is 17.7 Å². The first kappa shape index (κ1) is 17.6. The molecular formula is C21H23FO3. The van der Waals surface area contributed by atoms with Crippen LogP contribution in [0.1, 0.15) is 43.1 Å². The van der Waals surface area contributed by atoms with Crippen molar-refractivity contribution >= 4 is 11.8 Å². The Hall–Kier alpha value is -2.17. The highest BCUT2D eigenvalue weighted by molar-refractivity contribution is 5.80. The van der Waals surface area contributed by atoms with Gasteiger partial charge >= 0.3 is 0 Å². The maximum Gasteiger partial charge on any atom is 0.161 e. The summed E-state index contributed by atoms with van der Waals surface area (Å²) in [6, 6.07) is 14.5. The molecule has 1 atom stereocenters. The van der Waals surface area contributed by atoms with Crippen LogP contribution in [0.5, 0.6) is 0 Å². The molecule has 2 aromatic rings. The van der Waals surface area contributed by atoms with Crippen LogP contribution < -0.4 is 0 Å². The number of halogens is 1. The number of ether oxygens (including phenoxy) is 3. The molecule has 1 unspecified atom stereocenters. The molecule has 0 aromatic heterocycles. The van der Waals surface area contributed by atoms with E-state index in [9.17, 15) is 4.39 Å². The summed E-state index contributed by atoms with van der Waals surface area (Å²) in [5, 5.41) is 0. The van der Waals surface area contributed by atoms with E-state index in [1.54, 1.807) is 12.1 Å². The Labute approximate surface area is 148 Å². The third-order valence-corrected chi connectivity index (χ3v) is 4.14. The molecule has 0 bridgehead atoms. The second-order valence-corrected chi connectivity index (χ2v) is 5.83. The minimum absolute atomic E-state index is 0.177. The van der Waals surface area contributed by atoms with E-state index in [-0.39, 0.29) is 18.2 Å². The van der Waals surface area contributed by atoms with Gasteiger partial charge in [0.05, 0.1) is 0 Å². The number of hydrogen-bond acceptors (Lipinski definition) is 3. The molecule has 0 radical (unpaired) electrons. The average Bonchev–Trinajstić information content (AvgIpc) is 2.62. The van der Waals surface area contributed by atoms with Gasteiger partial charge < -0.3 is 14.2 Å². The van der Waals surface area contributed by atoms with Gasteiger partial charge in [-0.3, -0.25) is 0 Å². The van der Waals surface area contributed by atoms with Crippen molar-refractivity contribution in [2.75, 3.05) is 13.2 Å². The van der Waals surface area contributed by atoms with Gasteiger partial charge in [-0.05, 0) is 55.3 Å². The van der Waals surface area contributed by atoms with Crippen LogP contribution in [-0.2, 0) is 14.2 Å². The smallest absolute Gasteiger partial charge is 0.161 e. The summed E-state index contributed by atoms with van der Waals surface area (Å²) in [6.07, 6.45) is 2.09. The SMILES string of the molecule is CCOC(CC1OC(c2ccc(F)cc2)=Cc2ccccc21)OCC. The Morgan fingerprint density at radius 3 is 2.36 bits per heavy atom. The highest BCUT2D eigenvalue weighted by atomic mass is 19.1. The van der Waals surface area contributed by atoms with Crippen LogP contribution in [0.25, 0.3) is 11.8 Å². The van der Waals surface area contributed by atoms with E-state index < -0.39 is 0 Å². The lowest BCUT2D eigenvalue weighted by Crippen LogP contribution is -2.23. The molecular weight excluding hydrogens is 319 g/mol. The lowest BCUT2D eigenvalue weighted by atomic mass is 9.95. The molecule has 0 aliphatic carbocycles. The number of fused-ring (bicyclic) bond motifs is 1. The van der Waals surface area contributed by atoms with Crippen molar-refractivity contribution in [3.8, 4) is 0 Å². The van der Waals surface area contributed by atoms with Gasteiger partial charge in [0.2, 0.25) is 0 Å². The van der Waals surface area contributed by atoms with Crippen LogP contribution in [0.2, 0.25) is 0 Å². The highest BCUT2D eigenvalue weighted by Crippen LogP contribution is 2.38. The van der Waals surface area contributed by atoms with Crippen LogP contribution >= 0.6 is 0 Å². The molecule has 1 heterocycles. The molecule has 4 heteroatoms. The molecule has 2 aromatic carbocycles. The molecule has 132 valence electrons. The second-order valence-electron chi connectivity index (χ2n) is 5.83. The summed E-state index contributed by atoms with van der Waals surface area (Å²) in [6.45, 7) is 5.07.